The summed E-state index contributed by atoms with van der Waals surface area (Å²) in [4.78, 5) is 25.1. The molecule has 1 atom stereocenters. The summed E-state index contributed by atoms with van der Waals surface area (Å²) in [7, 11) is -3.02. The van der Waals surface area contributed by atoms with Crippen molar-refractivity contribution in [2.45, 2.75) is 57.4 Å². The molecule has 0 saturated heterocycles. The molecule has 2 N–H and O–H groups in total. The van der Waals surface area contributed by atoms with Gasteiger partial charge in [-0.2, -0.15) is 0 Å². The standard InChI is InChI=1S/C27H32Cl2N2O5S2.Na/c1-38(35,36)16-5-4-15-27(13-2-3-14-27)26(37)31-22(25(33)34)17-18-9-11-19(12-10-18)30-24(32)23-20(28)7-6-8-21(23)29;/h6-12,22H,2-5,13-17H2,1H3,(H,30,32)(H,31,37)(H,33,34);/q;+1/p-1. The second kappa shape index (κ2) is 15.1. The van der Waals surface area contributed by atoms with E-state index in [1.807, 2.05) is 0 Å². The largest absolute Gasteiger partial charge is 1.00 e. The van der Waals surface area contributed by atoms with E-state index in [2.05, 4.69) is 10.6 Å². The van der Waals surface area contributed by atoms with Crippen molar-refractivity contribution < 1.29 is 52.7 Å². The number of amides is 1. The molecule has 0 aliphatic heterocycles. The fourth-order valence-corrected chi connectivity index (χ4v) is 6.59. The molecule has 0 heterocycles. The summed E-state index contributed by atoms with van der Waals surface area (Å²) in [5, 5.41) is 18.2. The van der Waals surface area contributed by atoms with Gasteiger partial charge in [-0.25, -0.2) is 8.42 Å². The molecule has 206 valence electrons. The minimum atomic E-state index is -3.02. The number of anilines is 1. The number of benzene rings is 2. The fraction of sp³-hybridized carbons (Fsp3) is 0.444. The number of halogens is 2. The van der Waals surface area contributed by atoms with Gasteiger partial charge in [-0.1, -0.05) is 72.9 Å². The van der Waals surface area contributed by atoms with Gasteiger partial charge in [0, 0.05) is 23.1 Å². The molecular weight excluding hydrogens is 590 g/mol. The van der Waals surface area contributed by atoms with Gasteiger partial charge in [0.2, 0.25) is 0 Å². The van der Waals surface area contributed by atoms with Crippen LogP contribution in [-0.2, 0) is 21.1 Å². The molecule has 2 aromatic rings. The van der Waals surface area contributed by atoms with Gasteiger partial charge in [0.15, 0.2) is 0 Å². The van der Waals surface area contributed by atoms with Crippen LogP contribution in [0.2, 0.25) is 10.0 Å². The Morgan fingerprint density at radius 2 is 1.64 bits per heavy atom. The van der Waals surface area contributed by atoms with Gasteiger partial charge in [0.05, 0.1) is 32.6 Å². The van der Waals surface area contributed by atoms with Crippen LogP contribution >= 0.6 is 35.4 Å². The van der Waals surface area contributed by atoms with Crippen molar-refractivity contribution in [1.29, 1.82) is 0 Å². The summed E-state index contributed by atoms with van der Waals surface area (Å²) < 4.78 is 22.9. The second-order valence-electron chi connectivity index (χ2n) is 9.87. The smallest absolute Gasteiger partial charge is 0.548 e. The van der Waals surface area contributed by atoms with Crippen molar-refractivity contribution in [3.8, 4) is 0 Å². The third-order valence-corrected chi connectivity index (χ3v) is 9.11. The Bertz CT molecular complexity index is 1260. The number of hydrogen-bond acceptors (Lipinski definition) is 6. The molecule has 39 heavy (non-hydrogen) atoms. The van der Waals surface area contributed by atoms with Gasteiger partial charge in [-0.3, -0.25) is 4.79 Å². The molecule has 0 radical (unpaired) electrons. The number of thiocarbonyl (C=S) groups is 1. The van der Waals surface area contributed by atoms with Gasteiger partial charge >= 0.3 is 29.6 Å². The Morgan fingerprint density at radius 3 is 2.18 bits per heavy atom. The van der Waals surface area contributed by atoms with Gasteiger partial charge < -0.3 is 20.5 Å². The van der Waals surface area contributed by atoms with E-state index in [-0.39, 0.29) is 62.8 Å². The van der Waals surface area contributed by atoms with E-state index < -0.39 is 27.8 Å². The van der Waals surface area contributed by atoms with Gasteiger partial charge in [0.25, 0.3) is 5.91 Å². The predicted molar refractivity (Wildman–Crippen MR) is 154 cm³/mol. The van der Waals surface area contributed by atoms with Crippen molar-refractivity contribution in [1.82, 2.24) is 5.32 Å². The average molecular weight is 622 g/mol. The van der Waals surface area contributed by atoms with Crippen molar-refractivity contribution in [3.05, 3.63) is 63.6 Å². The number of nitrogens with one attached hydrogen (secondary N) is 2. The molecule has 3 rings (SSSR count). The first-order valence-electron chi connectivity index (χ1n) is 12.4. The molecule has 2 aromatic carbocycles. The van der Waals surface area contributed by atoms with E-state index in [1.165, 1.54) is 6.26 Å². The second-order valence-corrected chi connectivity index (χ2v) is 13.4. The number of unbranched alkanes of at least 4 members (excludes halogenated alkanes) is 1. The third-order valence-electron chi connectivity index (χ3n) is 6.89. The van der Waals surface area contributed by atoms with Gasteiger partial charge in [-0.15, -0.1) is 0 Å². The summed E-state index contributed by atoms with van der Waals surface area (Å²) in [5.74, 6) is -1.58. The quantitative estimate of drug-likeness (QED) is 0.210. The van der Waals surface area contributed by atoms with Crippen molar-refractivity contribution in [2.75, 3.05) is 17.3 Å². The zero-order chi connectivity index (χ0) is 27.9. The number of carboxylic acid groups (broad SMARTS) is 1. The van der Waals surface area contributed by atoms with Crippen LogP contribution in [0.1, 0.15) is 60.9 Å². The van der Waals surface area contributed by atoms with E-state index >= 15 is 0 Å². The number of hydrogen-bond donors (Lipinski definition) is 2. The molecular formula is C27H31Cl2N2NaO5S2. The summed E-state index contributed by atoms with van der Waals surface area (Å²) >= 11 is 17.9. The predicted octanol–water partition coefficient (Wildman–Crippen LogP) is 1.60. The van der Waals surface area contributed by atoms with Crippen LogP contribution in [0, 0.1) is 5.41 Å². The van der Waals surface area contributed by atoms with Crippen LogP contribution in [0.15, 0.2) is 42.5 Å². The first kappa shape index (κ1) is 34.0. The van der Waals surface area contributed by atoms with Crippen LogP contribution in [-0.4, -0.2) is 43.3 Å². The molecule has 0 spiro atoms. The van der Waals surface area contributed by atoms with Crippen LogP contribution < -0.4 is 45.3 Å². The SMILES string of the molecule is CS(=O)(=O)CCCCC1(C(=S)NC(Cc2ccc(NC(=O)c3c(Cl)cccc3Cl)cc2)C(=O)[O-])CCCC1.[Na+]. The molecule has 0 aromatic heterocycles. The Labute approximate surface area is 267 Å². The molecule has 7 nitrogen and oxygen atoms in total. The summed E-state index contributed by atoms with van der Waals surface area (Å²) in [6, 6.07) is 10.6. The van der Waals surface area contributed by atoms with Crippen LogP contribution in [0.3, 0.4) is 0 Å². The van der Waals surface area contributed by atoms with Crippen LogP contribution in [0.25, 0.3) is 0 Å². The average Bonchev–Trinajstić information content (AvgIpc) is 3.32. The minimum Gasteiger partial charge on any atom is -0.548 e. The topological polar surface area (TPSA) is 115 Å². The summed E-state index contributed by atoms with van der Waals surface area (Å²) in [6.45, 7) is 0. The minimum absolute atomic E-state index is 0. The monoisotopic (exact) mass is 620 g/mol. The molecule has 1 aliphatic carbocycles. The Morgan fingerprint density at radius 1 is 1.05 bits per heavy atom. The summed E-state index contributed by atoms with van der Waals surface area (Å²) in [5.41, 5.74) is 1.07. The third kappa shape index (κ3) is 9.99. The van der Waals surface area contributed by atoms with E-state index in [9.17, 15) is 23.1 Å². The normalized spacial score (nSPS) is 15.2. The first-order chi connectivity index (χ1) is 17.9. The van der Waals surface area contributed by atoms with E-state index in [0.29, 0.717) is 23.5 Å². The van der Waals surface area contributed by atoms with Gasteiger partial charge in [-0.05, 0) is 61.9 Å². The summed E-state index contributed by atoms with van der Waals surface area (Å²) in [6.07, 6.45) is 7.03. The Kier molecular flexibility index (Phi) is 13.2. The van der Waals surface area contributed by atoms with Crippen LogP contribution in [0.5, 0.6) is 0 Å². The number of sulfone groups is 1. The van der Waals surface area contributed by atoms with E-state index in [4.69, 9.17) is 35.4 Å². The Balaban J connectivity index is 0.00000533. The molecule has 1 fully saturated rings. The molecule has 12 heteroatoms. The van der Waals surface area contributed by atoms with Crippen LogP contribution in [0.4, 0.5) is 5.69 Å². The van der Waals surface area contributed by atoms with Crippen molar-refractivity contribution >= 4 is 67.8 Å². The number of carboxylic acids is 1. The van der Waals surface area contributed by atoms with Gasteiger partial charge in [0.1, 0.15) is 9.84 Å². The number of carbonyl (C=O) groups excluding carboxylic acids is 2. The maximum absolute atomic E-state index is 12.6. The molecule has 1 aliphatic rings. The van der Waals surface area contributed by atoms with E-state index in [0.717, 1.165) is 37.7 Å². The maximum Gasteiger partial charge on any atom is 1.00 e. The van der Waals surface area contributed by atoms with Crippen molar-refractivity contribution in [3.63, 3.8) is 0 Å². The number of rotatable bonds is 12. The maximum atomic E-state index is 12.6. The number of carbonyl (C=O) groups is 2. The molecule has 1 amide bonds. The van der Waals surface area contributed by atoms with Crippen molar-refractivity contribution in [2.24, 2.45) is 5.41 Å². The Hall–Kier alpha value is -1.20. The molecule has 0 bridgehead atoms. The fourth-order valence-electron chi connectivity index (χ4n) is 4.84. The first-order valence-corrected chi connectivity index (χ1v) is 15.7. The molecule has 1 unspecified atom stereocenters. The zero-order valence-corrected chi connectivity index (χ0v) is 27.2. The molecule has 1 saturated carbocycles. The van der Waals surface area contributed by atoms with E-state index in [1.54, 1.807) is 42.5 Å². The zero-order valence-electron chi connectivity index (χ0n) is 22.1. The number of aliphatic carboxylic acids is 1.